The van der Waals surface area contributed by atoms with E-state index < -0.39 is 0 Å². The fourth-order valence-electron chi connectivity index (χ4n) is 0.876. The molecular formula is C8H4ClO. The first kappa shape index (κ1) is 5.81. The maximum Gasteiger partial charge on any atom is 0.177 e. The fraction of sp³-hybridized carbons (Fsp3) is 0. The van der Waals surface area contributed by atoms with Gasteiger partial charge in [0, 0.05) is 15.8 Å². The van der Waals surface area contributed by atoms with Crippen LogP contribution in [-0.2, 0) is 0 Å². The van der Waals surface area contributed by atoms with Gasteiger partial charge in [-0.2, -0.15) is 0 Å². The van der Waals surface area contributed by atoms with E-state index in [0.29, 0.717) is 5.02 Å². The third kappa shape index (κ3) is 0.792. The molecule has 1 aromatic heterocycles. The lowest BCUT2D eigenvalue weighted by Gasteiger charge is -1.86. The summed E-state index contributed by atoms with van der Waals surface area (Å²) in [6.45, 7) is 0. The summed E-state index contributed by atoms with van der Waals surface area (Å²) in [5.74, 6) is 0. The Bertz CT molecular complexity index is 351. The van der Waals surface area contributed by atoms with Crippen LogP contribution in [0.25, 0.3) is 10.8 Å². The van der Waals surface area contributed by atoms with Crippen LogP contribution in [-0.4, -0.2) is 0 Å². The van der Waals surface area contributed by atoms with Crippen molar-refractivity contribution in [2.24, 2.45) is 0 Å². The van der Waals surface area contributed by atoms with E-state index in [0.717, 1.165) is 10.8 Å². The lowest BCUT2D eigenvalue weighted by atomic mass is 10.2. The normalized spacial score (nSPS) is 10.5. The third-order valence-corrected chi connectivity index (χ3v) is 1.61. The topological polar surface area (TPSA) is 13.1 Å². The highest BCUT2D eigenvalue weighted by atomic mass is 35.5. The molecule has 0 spiro atoms. The Labute approximate surface area is 63.2 Å². The number of rotatable bonds is 0. The van der Waals surface area contributed by atoms with Gasteiger partial charge >= 0.3 is 0 Å². The number of hydrogen-bond acceptors (Lipinski definition) is 1. The second-order valence-electron chi connectivity index (χ2n) is 2.07. The highest BCUT2D eigenvalue weighted by Crippen LogP contribution is 2.18. The summed E-state index contributed by atoms with van der Waals surface area (Å²) in [7, 11) is 0. The van der Waals surface area contributed by atoms with E-state index in [2.05, 4.69) is 6.26 Å². The van der Waals surface area contributed by atoms with Gasteiger partial charge in [-0.1, -0.05) is 11.6 Å². The van der Waals surface area contributed by atoms with Crippen LogP contribution < -0.4 is 0 Å². The smallest absolute Gasteiger partial charge is 0.177 e. The van der Waals surface area contributed by atoms with Gasteiger partial charge in [-0.05, 0) is 18.2 Å². The summed E-state index contributed by atoms with van der Waals surface area (Å²) >= 11 is 5.71. The highest BCUT2D eigenvalue weighted by molar-refractivity contribution is 6.31. The molecule has 0 amide bonds. The molecule has 2 heteroatoms. The first-order valence-electron chi connectivity index (χ1n) is 2.91. The Morgan fingerprint density at radius 3 is 3.20 bits per heavy atom. The van der Waals surface area contributed by atoms with E-state index in [1.165, 1.54) is 0 Å². The van der Waals surface area contributed by atoms with Crippen molar-refractivity contribution in [3.63, 3.8) is 0 Å². The van der Waals surface area contributed by atoms with Crippen LogP contribution in [0.4, 0.5) is 0 Å². The number of halogens is 1. The number of furan rings is 1. The second kappa shape index (κ2) is 2.03. The van der Waals surface area contributed by atoms with E-state index in [-0.39, 0.29) is 0 Å². The van der Waals surface area contributed by atoms with Crippen LogP contribution in [0.2, 0.25) is 5.02 Å². The van der Waals surface area contributed by atoms with Crippen molar-refractivity contribution < 1.29 is 4.42 Å². The molecular weight excluding hydrogens is 148 g/mol. The molecule has 49 valence electrons. The van der Waals surface area contributed by atoms with Crippen LogP contribution >= 0.6 is 11.6 Å². The van der Waals surface area contributed by atoms with Crippen molar-refractivity contribution in [2.45, 2.75) is 0 Å². The third-order valence-electron chi connectivity index (χ3n) is 1.37. The number of benzene rings is 1. The Morgan fingerprint density at radius 1 is 1.40 bits per heavy atom. The summed E-state index contributed by atoms with van der Waals surface area (Å²) in [5.41, 5.74) is 0. The zero-order valence-electron chi connectivity index (χ0n) is 5.10. The largest absolute Gasteiger partial charge is 0.460 e. The first-order valence-corrected chi connectivity index (χ1v) is 3.28. The summed E-state index contributed by atoms with van der Waals surface area (Å²) in [6, 6.07) is 5.55. The van der Waals surface area contributed by atoms with Crippen molar-refractivity contribution in [2.75, 3.05) is 0 Å². The fourth-order valence-corrected chi connectivity index (χ4v) is 1.05. The first-order chi connectivity index (χ1) is 4.86. The van der Waals surface area contributed by atoms with Gasteiger partial charge in [0.05, 0.1) is 6.26 Å². The second-order valence-corrected chi connectivity index (χ2v) is 2.51. The molecule has 1 radical (unpaired) electrons. The van der Waals surface area contributed by atoms with E-state index in [1.807, 2.05) is 18.2 Å². The molecule has 2 aromatic rings. The maximum absolute atomic E-state index is 5.71. The number of fused-ring (bicyclic) bond motifs is 1. The molecule has 1 heterocycles. The molecule has 10 heavy (non-hydrogen) atoms. The minimum Gasteiger partial charge on any atom is -0.460 e. The lowest BCUT2D eigenvalue weighted by molar-refractivity contribution is 0.563. The molecule has 0 bridgehead atoms. The molecule has 0 aliphatic carbocycles. The standard InChI is InChI=1S/C8H4ClO/c9-8-2-1-6-4-10-5-7(6)3-8/h1-4H. The molecule has 0 saturated carbocycles. The summed E-state index contributed by atoms with van der Waals surface area (Å²) in [5, 5.41) is 2.67. The number of hydrogen-bond donors (Lipinski definition) is 0. The van der Waals surface area contributed by atoms with E-state index >= 15 is 0 Å². The van der Waals surface area contributed by atoms with E-state index in [4.69, 9.17) is 16.0 Å². The molecule has 2 rings (SSSR count). The molecule has 1 aromatic carbocycles. The Morgan fingerprint density at radius 2 is 2.30 bits per heavy atom. The van der Waals surface area contributed by atoms with Gasteiger partial charge in [-0.3, -0.25) is 0 Å². The molecule has 0 unspecified atom stereocenters. The van der Waals surface area contributed by atoms with Crippen molar-refractivity contribution in [3.8, 4) is 0 Å². The zero-order chi connectivity index (χ0) is 6.97. The molecule has 0 atom stereocenters. The molecule has 0 N–H and O–H groups in total. The van der Waals surface area contributed by atoms with Crippen LogP contribution in [0.15, 0.2) is 28.9 Å². The van der Waals surface area contributed by atoms with Crippen molar-refractivity contribution in [1.82, 2.24) is 0 Å². The summed E-state index contributed by atoms with van der Waals surface area (Å²) in [4.78, 5) is 0. The van der Waals surface area contributed by atoms with E-state index in [9.17, 15) is 0 Å². The zero-order valence-corrected chi connectivity index (χ0v) is 5.85. The van der Waals surface area contributed by atoms with Crippen molar-refractivity contribution in [3.05, 3.63) is 35.7 Å². The van der Waals surface area contributed by atoms with Gasteiger partial charge in [0.1, 0.15) is 0 Å². The molecule has 0 aliphatic heterocycles. The maximum atomic E-state index is 5.71. The van der Waals surface area contributed by atoms with E-state index in [1.54, 1.807) is 6.26 Å². The summed E-state index contributed by atoms with van der Waals surface area (Å²) in [6.07, 6.45) is 4.35. The van der Waals surface area contributed by atoms with Gasteiger partial charge < -0.3 is 4.42 Å². The Kier molecular flexibility index (Phi) is 1.18. The minimum atomic E-state index is 0.713. The molecule has 1 nitrogen and oxygen atoms in total. The quantitative estimate of drug-likeness (QED) is 0.564. The Balaban J connectivity index is 2.86. The minimum absolute atomic E-state index is 0.713. The summed E-state index contributed by atoms with van der Waals surface area (Å²) < 4.78 is 4.84. The average molecular weight is 152 g/mol. The predicted octanol–water partition coefficient (Wildman–Crippen LogP) is 2.89. The van der Waals surface area contributed by atoms with Crippen molar-refractivity contribution >= 4 is 22.4 Å². The molecule has 0 saturated heterocycles. The lowest BCUT2D eigenvalue weighted by Crippen LogP contribution is -1.62. The van der Waals surface area contributed by atoms with Gasteiger partial charge in [-0.25, -0.2) is 0 Å². The van der Waals surface area contributed by atoms with Gasteiger partial charge in [0.25, 0.3) is 0 Å². The van der Waals surface area contributed by atoms with Gasteiger partial charge in [-0.15, -0.1) is 0 Å². The molecule has 0 aliphatic rings. The Hall–Kier alpha value is -0.950. The van der Waals surface area contributed by atoms with Crippen LogP contribution in [0.1, 0.15) is 0 Å². The predicted molar refractivity (Wildman–Crippen MR) is 40.1 cm³/mol. The van der Waals surface area contributed by atoms with Crippen LogP contribution in [0.3, 0.4) is 0 Å². The molecule has 0 fully saturated rings. The monoisotopic (exact) mass is 151 g/mol. The van der Waals surface area contributed by atoms with Crippen LogP contribution in [0.5, 0.6) is 0 Å². The average Bonchev–Trinajstić information content (AvgIpc) is 2.33. The van der Waals surface area contributed by atoms with Gasteiger partial charge in [0.2, 0.25) is 0 Å². The SMILES string of the molecule is Clc1ccc2co[c]c2c1. The van der Waals surface area contributed by atoms with Crippen molar-refractivity contribution in [1.29, 1.82) is 0 Å². The van der Waals surface area contributed by atoms with Gasteiger partial charge in [0.15, 0.2) is 6.26 Å². The van der Waals surface area contributed by atoms with Crippen LogP contribution in [0, 0.1) is 6.26 Å². The highest BCUT2D eigenvalue weighted by Gasteiger charge is 1.95.